The van der Waals surface area contributed by atoms with Crippen LogP contribution in [0.2, 0.25) is 0 Å². The van der Waals surface area contributed by atoms with E-state index in [0.717, 1.165) is 17.4 Å². The molecule has 2 aromatic carbocycles. The van der Waals surface area contributed by atoms with Gasteiger partial charge >= 0.3 is 0 Å². The van der Waals surface area contributed by atoms with E-state index >= 15 is 0 Å². The van der Waals surface area contributed by atoms with Crippen molar-refractivity contribution in [1.82, 2.24) is 0 Å². The van der Waals surface area contributed by atoms with Gasteiger partial charge in [0.25, 0.3) is 0 Å². The van der Waals surface area contributed by atoms with Crippen molar-refractivity contribution in [1.29, 1.82) is 0 Å². The topological polar surface area (TPSA) is 15.3 Å². The molecule has 0 aliphatic heterocycles. The van der Waals surface area contributed by atoms with Gasteiger partial charge in [-0.3, -0.25) is 0 Å². The van der Waals surface area contributed by atoms with Gasteiger partial charge in [-0.05, 0) is 42.8 Å². The first kappa shape index (κ1) is 14.3. The molecule has 2 nitrogen and oxygen atoms in total. The Labute approximate surface area is 118 Å². The Morgan fingerprint density at radius 2 is 1.65 bits per heavy atom. The summed E-state index contributed by atoms with van der Waals surface area (Å²) in [7, 11) is 3.93. The monoisotopic (exact) mass is 276 g/mol. The lowest BCUT2D eigenvalue weighted by atomic mass is 10.1. The average molecular weight is 276 g/mol. The van der Waals surface area contributed by atoms with Gasteiger partial charge in [0.15, 0.2) is 0 Å². The van der Waals surface area contributed by atoms with Gasteiger partial charge in [-0.2, -0.15) is 0 Å². The number of anilines is 2. The van der Waals surface area contributed by atoms with E-state index < -0.39 is 11.6 Å². The van der Waals surface area contributed by atoms with Crippen LogP contribution in [0.15, 0.2) is 42.5 Å². The third-order valence-corrected chi connectivity index (χ3v) is 3.13. The highest BCUT2D eigenvalue weighted by Crippen LogP contribution is 2.23. The van der Waals surface area contributed by atoms with E-state index in [-0.39, 0.29) is 6.04 Å². The second-order valence-corrected chi connectivity index (χ2v) is 5.01. The van der Waals surface area contributed by atoms with Crippen LogP contribution in [0.3, 0.4) is 0 Å². The molecular formula is C16H18F2N2. The highest BCUT2D eigenvalue weighted by atomic mass is 19.1. The van der Waals surface area contributed by atoms with Crippen LogP contribution in [-0.2, 0) is 0 Å². The van der Waals surface area contributed by atoms with Crippen LogP contribution < -0.4 is 10.2 Å². The molecule has 0 fully saturated rings. The predicted molar refractivity (Wildman–Crippen MR) is 79.2 cm³/mol. The second-order valence-electron chi connectivity index (χ2n) is 5.01. The van der Waals surface area contributed by atoms with Crippen molar-refractivity contribution in [3.63, 3.8) is 0 Å². The zero-order valence-corrected chi connectivity index (χ0v) is 11.8. The summed E-state index contributed by atoms with van der Waals surface area (Å²) in [4.78, 5) is 2.00. The Kier molecular flexibility index (Phi) is 4.23. The quantitative estimate of drug-likeness (QED) is 0.900. The minimum absolute atomic E-state index is 0.183. The molecule has 1 N–H and O–H groups in total. The molecule has 0 saturated heterocycles. The SMILES string of the molecule is CC(Nc1cccc(N(C)C)c1)c1cc(F)cc(F)c1. The van der Waals surface area contributed by atoms with Gasteiger partial charge in [-0.1, -0.05) is 6.07 Å². The van der Waals surface area contributed by atoms with Gasteiger partial charge in [-0.25, -0.2) is 8.78 Å². The van der Waals surface area contributed by atoms with Crippen molar-refractivity contribution in [2.24, 2.45) is 0 Å². The van der Waals surface area contributed by atoms with Crippen molar-refractivity contribution in [3.8, 4) is 0 Å². The van der Waals surface area contributed by atoms with E-state index in [2.05, 4.69) is 5.32 Å². The highest BCUT2D eigenvalue weighted by molar-refractivity contribution is 5.58. The standard InChI is InChI=1S/C16H18F2N2/c1-11(12-7-13(17)9-14(18)8-12)19-15-5-4-6-16(10-15)20(2)3/h4-11,19H,1-3H3. The van der Waals surface area contributed by atoms with Crippen molar-refractivity contribution in [2.45, 2.75) is 13.0 Å². The van der Waals surface area contributed by atoms with Crippen LogP contribution in [0.1, 0.15) is 18.5 Å². The van der Waals surface area contributed by atoms with Crippen molar-refractivity contribution >= 4 is 11.4 Å². The highest BCUT2D eigenvalue weighted by Gasteiger charge is 2.09. The number of benzene rings is 2. The molecule has 20 heavy (non-hydrogen) atoms. The maximum absolute atomic E-state index is 13.2. The number of hydrogen-bond acceptors (Lipinski definition) is 2. The van der Waals surface area contributed by atoms with E-state index in [1.807, 2.05) is 50.2 Å². The average Bonchev–Trinajstić information content (AvgIpc) is 2.37. The first-order chi connectivity index (χ1) is 9.45. The summed E-state index contributed by atoms with van der Waals surface area (Å²) in [5, 5.41) is 3.25. The van der Waals surface area contributed by atoms with Crippen molar-refractivity contribution in [3.05, 3.63) is 59.7 Å². The predicted octanol–water partition coefficient (Wildman–Crippen LogP) is 4.20. The number of halogens is 2. The Hall–Kier alpha value is -2.10. The fourth-order valence-corrected chi connectivity index (χ4v) is 2.03. The second kappa shape index (κ2) is 5.90. The first-order valence-electron chi connectivity index (χ1n) is 6.45. The Balaban J connectivity index is 2.18. The molecule has 1 atom stereocenters. The zero-order chi connectivity index (χ0) is 14.7. The molecule has 4 heteroatoms. The molecule has 0 bridgehead atoms. The Morgan fingerprint density at radius 3 is 2.25 bits per heavy atom. The van der Waals surface area contributed by atoms with Gasteiger partial charge in [0.05, 0.1) is 0 Å². The molecule has 1 unspecified atom stereocenters. The molecular weight excluding hydrogens is 258 g/mol. The third-order valence-electron chi connectivity index (χ3n) is 3.13. The molecule has 0 aromatic heterocycles. The molecule has 0 radical (unpaired) electrons. The summed E-state index contributed by atoms with van der Waals surface area (Å²) in [6, 6.07) is 11.2. The summed E-state index contributed by atoms with van der Waals surface area (Å²) >= 11 is 0. The molecule has 106 valence electrons. The van der Waals surface area contributed by atoms with Crippen molar-refractivity contribution < 1.29 is 8.78 Å². The summed E-state index contributed by atoms with van der Waals surface area (Å²) in [6.07, 6.45) is 0. The molecule has 0 heterocycles. The van der Waals surface area contributed by atoms with E-state index in [9.17, 15) is 8.78 Å². The van der Waals surface area contributed by atoms with Crippen LogP contribution in [0, 0.1) is 11.6 Å². The lowest BCUT2D eigenvalue weighted by molar-refractivity contribution is 0.577. The van der Waals surface area contributed by atoms with Crippen molar-refractivity contribution in [2.75, 3.05) is 24.3 Å². The maximum Gasteiger partial charge on any atom is 0.126 e. The summed E-state index contributed by atoms with van der Waals surface area (Å²) in [5.74, 6) is -1.12. The zero-order valence-electron chi connectivity index (χ0n) is 11.8. The molecule has 0 amide bonds. The van der Waals surface area contributed by atoms with Gasteiger partial charge in [0.2, 0.25) is 0 Å². The number of rotatable bonds is 4. The van der Waals surface area contributed by atoms with Crippen LogP contribution in [0.4, 0.5) is 20.2 Å². The Bertz CT molecular complexity index is 577. The first-order valence-corrected chi connectivity index (χ1v) is 6.45. The largest absolute Gasteiger partial charge is 0.378 e. The van der Waals surface area contributed by atoms with E-state index in [4.69, 9.17) is 0 Å². The van der Waals surface area contributed by atoms with Gasteiger partial charge in [0, 0.05) is 37.6 Å². The fourth-order valence-electron chi connectivity index (χ4n) is 2.03. The molecule has 0 aliphatic carbocycles. The normalized spacial score (nSPS) is 12.1. The minimum Gasteiger partial charge on any atom is -0.378 e. The fraction of sp³-hybridized carbons (Fsp3) is 0.250. The van der Waals surface area contributed by atoms with Gasteiger partial charge in [-0.15, -0.1) is 0 Å². The maximum atomic E-state index is 13.2. The lowest BCUT2D eigenvalue weighted by Crippen LogP contribution is -2.10. The number of nitrogens with zero attached hydrogens (tertiary/aromatic N) is 1. The summed E-state index contributed by atoms with van der Waals surface area (Å²) in [6.45, 7) is 1.87. The van der Waals surface area contributed by atoms with Gasteiger partial charge < -0.3 is 10.2 Å². The Morgan fingerprint density at radius 1 is 1.00 bits per heavy atom. The van der Waals surface area contributed by atoms with Crippen LogP contribution in [0.25, 0.3) is 0 Å². The minimum atomic E-state index is -0.560. The van der Waals surface area contributed by atoms with Crippen LogP contribution in [0.5, 0.6) is 0 Å². The summed E-state index contributed by atoms with van der Waals surface area (Å²) in [5.41, 5.74) is 2.55. The number of hydrogen-bond donors (Lipinski definition) is 1. The third kappa shape index (κ3) is 3.47. The van der Waals surface area contributed by atoms with Gasteiger partial charge in [0.1, 0.15) is 11.6 Å². The lowest BCUT2D eigenvalue weighted by Gasteiger charge is -2.18. The molecule has 2 aromatic rings. The summed E-state index contributed by atoms with van der Waals surface area (Å²) < 4.78 is 26.4. The molecule has 0 spiro atoms. The molecule has 0 saturated carbocycles. The smallest absolute Gasteiger partial charge is 0.126 e. The van der Waals surface area contributed by atoms with Crippen LogP contribution in [-0.4, -0.2) is 14.1 Å². The molecule has 2 rings (SSSR count). The molecule has 0 aliphatic rings. The van der Waals surface area contributed by atoms with E-state index in [0.29, 0.717) is 5.56 Å². The van der Waals surface area contributed by atoms with Crippen LogP contribution >= 0.6 is 0 Å². The number of nitrogens with one attached hydrogen (secondary N) is 1. The van der Waals surface area contributed by atoms with E-state index in [1.165, 1.54) is 12.1 Å². The van der Waals surface area contributed by atoms with E-state index in [1.54, 1.807) is 0 Å².